The summed E-state index contributed by atoms with van der Waals surface area (Å²) in [6, 6.07) is 4.20. The molecule has 0 aliphatic rings. The minimum atomic E-state index is -1.15. The van der Waals surface area contributed by atoms with E-state index in [9.17, 15) is 14.0 Å². The molecule has 0 fully saturated rings. The average molecular weight is 336 g/mol. The molecule has 0 bridgehead atoms. The Kier molecular flexibility index (Phi) is 5.44. The third-order valence-electron chi connectivity index (χ3n) is 3.22. The highest BCUT2D eigenvalue weighted by atomic mass is 32.1. The second-order valence-corrected chi connectivity index (χ2v) is 6.31. The molecule has 0 radical (unpaired) electrons. The maximum atomic E-state index is 13.9. The molecule has 0 unspecified atom stereocenters. The zero-order chi connectivity index (χ0) is 17.0. The van der Waals surface area contributed by atoms with Gasteiger partial charge in [-0.1, -0.05) is 18.6 Å². The molecule has 23 heavy (non-hydrogen) atoms. The number of benzene rings is 1. The van der Waals surface area contributed by atoms with Crippen LogP contribution in [0.2, 0.25) is 0 Å². The van der Waals surface area contributed by atoms with Gasteiger partial charge in [-0.2, -0.15) is 0 Å². The Hall–Kier alpha value is -2.28. The zero-order valence-electron chi connectivity index (χ0n) is 12.9. The smallest absolute Gasteiger partial charge is 0.323 e. The van der Waals surface area contributed by atoms with Crippen molar-refractivity contribution in [3.05, 3.63) is 51.2 Å². The monoisotopic (exact) mass is 336 g/mol. The summed E-state index contributed by atoms with van der Waals surface area (Å²) < 4.78 is 13.9. The number of aromatic nitrogens is 1. The van der Waals surface area contributed by atoms with E-state index in [0.717, 1.165) is 26.8 Å². The van der Waals surface area contributed by atoms with Gasteiger partial charge in [0, 0.05) is 11.1 Å². The van der Waals surface area contributed by atoms with Crippen LogP contribution >= 0.6 is 11.3 Å². The number of halogens is 1. The first kappa shape index (κ1) is 17.1. The van der Waals surface area contributed by atoms with Gasteiger partial charge >= 0.3 is 5.97 Å². The van der Waals surface area contributed by atoms with Crippen LogP contribution in [0.5, 0.6) is 0 Å². The third kappa shape index (κ3) is 4.35. The fourth-order valence-corrected chi connectivity index (χ4v) is 2.99. The normalized spacial score (nSPS) is 10.6. The molecule has 0 aliphatic heterocycles. The van der Waals surface area contributed by atoms with E-state index in [1.807, 2.05) is 6.92 Å². The van der Waals surface area contributed by atoms with Gasteiger partial charge in [0.2, 0.25) is 0 Å². The highest BCUT2D eigenvalue weighted by molar-refractivity contribution is 7.11. The molecule has 1 amide bonds. The standard InChI is InChI=1S/C16H17FN2O3S/c1-3-14-18-7-11(23-14)8-19(9-15(20)21)16(22)12-6-10(2)4-5-13(12)17/h4-7H,3,8-9H2,1-2H3,(H,20,21). The zero-order valence-corrected chi connectivity index (χ0v) is 13.7. The molecular weight excluding hydrogens is 319 g/mol. The molecule has 5 nitrogen and oxygen atoms in total. The van der Waals surface area contributed by atoms with E-state index in [1.54, 1.807) is 19.2 Å². The van der Waals surface area contributed by atoms with Crippen molar-refractivity contribution in [3.63, 3.8) is 0 Å². The summed E-state index contributed by atoms with van der Waals surface area (Å²) in [6.07, 6.45) is 2.39. The van der Waals surface area contributed by atoms with E-state index in [2.05, 4.69) is 4.98 Å². The van der Waals surface area contributed by atoms with Gasteiger partial charge in [-0.25, -0.2) is 9.37 Å². The van der Waals surface area contributed by atoms with Crippen molar-refractivity contribution in [2.45, 2.75) is 26.8 Å². The topological polar surface area (TPSA) is 70.5 Å². The lowest BCUT2D eigenvalue weighted by molar-refractivity contribution is -0.137. The number of rotatable bonds is 6. The number of aryl methyl sites for hydroxylation is 2. The summed E-state index contributed by atoms with van der Waals surface area (Å²) in [5.41, 5.74) is 0.613. The van der Waals surface area contributed by atoms with Crippen LogP contribution in [-0.2, 0) is 17.8 Å². The Labute approximate surface area is 137 Å². The molecule has 1 heterocycles. The maximum Gasteiger partial charge on any atom is 0.323 e. The van der Waals surface area contributed by atoms with Crippen molar-refractivity contribution in [1.29, 1.82) is 0 Å². The first-order valence-electron chi connectivity index (χ1n) is 7.11. The molecule has 2 rings (SSSR count). The number of hydrogen-bond donors (Lipinski definition) is 1. The molecule has 1 N–H and O–H groups in total. The Bertz CT molecular complexity index is 730. The summed E-state index contributed by atoms with van der Waals surface area (Å²) in [5.74, 6) is -2.44. The Morgan fingerprint density at radius 1 is 1.39 bits per heavy atom. The molecule has 7 heteroatoms. The molecule has 1 aromatic carbocycles. The van der Waals surface area contributed by atoms with E-state index in [0.29, 0.717) is 0 Å². The highest BCUT2D eigenvalue weighted by Crippen LogP contribution is 2.19. The van der Waals surface area contributed by atoms with Crippen molar-refractivity contribution < 1.29 is 19.1 Å². The van der Waals surface area contributed by atoms with Crippen molar-refractivity contribution in [1.82, 2.24) is 9.88 Å². The van der Waals surface area contributed by atoms with E-state index < -0.39 is 24.2 Å². The van der Waals surface area contributed by atoms with Gasteiger partial charge < -0.3 is 10.0 Å². The van der Waals surface area contributed by atoms with Crippen LogP contribution in [-0.4, -0.2) is 33.4 Å². The number of carboxylic acids is 1. The van der Waals surface area contributed by atoms with Gasteiger partial charge in [0.1, 0.15) is 12.4 Å². The van der Waals surface area contributed by atoms with E-state index in [4.69, 9.17) is 5.11 Å². The van der Waals surface area contributed by atoms with Crippen molar-refractivity contribution in [2.24, 2.45) is 0 Å². The summed E-state index contributed by atoms with van der Waals surface area (Å²) in [5, 5.41) is 9.94. The molecule has 1 aromatic heterocycles. The fraction of sp³-hybridized carbons (Fsp3) is 0.312. The predicted octanol–water partition coefficient (Wildman–Crippen LogP) is 2.88. The van der Waals surface area contributed by atoms with Crippen LogP contribution in [0.15, 0.2) is 24.4 Å². The first-order chi connectivity index (χ1) is 10.9. The molecular formula is C16H17FN2O3S. The summed E-state index contributed by atoms with van der Waals surface area (Å²) >= 11 is 1.42. The van der Waals surface area contributed by atoms with E-state index >= 15 is 0 Å². The predicted molar refractivity (Wildman–Crippen MR) is 85.0 cm³/mol. The number of carbonyl (C=O) groups is 2. The molecule has 0 atom stereocenters. The largest absolute Gasteiger partial charge is 0.480 e. The second kappa shape index (κ2) is 7.32. The van der Waals surface area contributed by atoms with Crippen LogP contribution in [0.3, 0.4) is 0 Å². The Morgan fingerprint density at radius 3 is 2.74 bits per heavy atom. The van der Waals surface area contributed by atoms with E-state index in [1.165, 1.54) is 23.5 Å². The van der Waals surface area contributed by atoms with Gasteiger partial charge in [0.15, 0.2) is 0 Å². The highest BCUT2D eigenvalue weighted by Gasteiger charge is 2.22. The summed E-state index contributed by atoms with van der Waals surface area (Å²) in [6.45, 7) is 3.31. The average Bonchev–Trinajstić information content (AvgIpc) is 2.95. The lowest BCUT2D eigenvalue weighted by Gasteiger charge is -2.20. The molecule has 0 saturated heterocycles. The van der Waals surface area contributed by atoms with Gasteiger partial charge in [-0.05, 0) is 25.5 Å². The van der Waals surface area contributed by atoms with Crippen LogP contribution in [0, 0.1) is 12.7 Å². The SMILES string of the molecule is CCc1ncc(CN(CC(=O)O)C(=O)c2cc(C)ccc2F)s1. The minimum Gasteiger partial charge on any atom is -0.480 e. The van der Waals surface area contributed by atoms with Gasteiger partial charge in [-0.15, -0.1) is 11.3 Å². The van der Waals surface area contributed by atoms with Crippen molar-refractivity contribution in [3.8, 4) is 0 Å². The number of amides is 1. The number of aliphatic carboxylic acids is 1. The van der Waals surface area contributed by atoms with Crippen LogP contribution in [0.1, 0.15) is 32.7 Å². The van der Waals surface area contributed by atoms with Crippen molar-refractivity contribution in [2.75, 3.05) is 6.54 Å². The number of carbonyl (C=O) groups excluding carboxylic acids is 1. The van der Waals surface area contributed by atoms with Crippen LogP contribution in [0.25, 0.3) is 0 Å². The number of nitrogens with zero attached hydrogens (tertiary/aromatic N) is 2. The minimum absolute atomic E-state index is 0.0934. The molecule has 0 aliphatic carbocycles. The van der Waals surface area contributed by atoms with Gasteiger partial charge in [0.05, 0.1) is 17.1 Å². The molecule has 0 spiro atoms. The van der Waals surface area contributed by atoms with Gasteiger partial charge in [0.25, 0.3) is 5.91 Å². The van der Waals surface area contributed by atoms with Crippen LogP contribution in [0.4, 0.5) is 4.39 Å². The third-order valence-corrected chi connectivity index (χ3v) is 4.34. The Morgan fingerprint density at radius 2 is 2.13 bits per heavy atom. The maximum absolute atomic E-state index is 13.9. The van der Waals surface area contributed by atoms with Gasteiger partial charge in [-0.3, -0.25) is 9.59 Å². The molecule has 2 aromatic rings. The lowest BCUT2D eigenvalue weighted by Crippen LogP contribution is -2.35. The number of hydrogen-bond acceptors (Lipinski definition) is 4. The molecule has 122 valence electrons. The number of thiazole rings is 1. The lowest BCUT2D eigenvalue weighted by atomic mass is 10.1. The molecule has 0 saturated carbocycles. The number of carboxylic acid groups (broad SMARTS) is 1. The van der Waals surface area contributed by atoms with Crippen LogP contribution < -0.4 is 0 Å². The van der Waals surface area contributed by atoms with Crippen molar-refractivity contribution >= 4 is 23.2 Å². The Balaban J connectivity index is 2.28. The van der Waals surface area contributed by atoms with E-state index in [-0.39, 0.29) is 12.1 Å². The second-order valence-electron chi connectivity index (χ2n) is 5.11. The fourth-order valence-electron chi connectivity index (χ4n) is 2.11. The summed E-state index contributed by atoms with van der Waals surface area (Å²) in [7, 11) is 0. The first-order valence-corrected chi connectivity index (χ1v) is 7.93. The quantitative estimate of drug-likeness (QED) is 0.880. The summed E-state index contributed by atoms with van der Waals surface area (Å²) in [4.78, 5) is 29.7.